The van der Waals surface area contributed by atoms with Gasteiger partial charge in [-0.05, 0) is 12.1 Å². The van der Waals surface area contributed by atoms with Crippen LogP contribution in [0.2, 0.25) is 0 Å². The van der Waals surface area contributed by atoms with Crippen molar-refractivity contribution >= 4 is 22.1 Å². The summed E-state index contributed by atoms with van der Waals surface area (Å²) < 4.78 is 38.9. The maximum atomic E-state index is 13.2. The molecule has 6 nitrogen and oxygen atoms in total. The number of fused-ring (bicyclic) bond motifs is 1. The molecule has 2 aromatic heterocycles. The van der Waals surface area contributed by atoms with E-state index in [2.05, 4.69) is 5.10 Å². The van der Waals surface area contributed by atoms with Gasteiger partial charge in [0.05, 0.1) is 24.9 Å². The molecule has 1 aromatic carbocycles. The minimum atomic E-state index is -0.968. The number of amides is 1. The van der Waals surface area contributed by atoms with Gasteiger partial charge in [-0.2, -0.15) is 5.10 Å². The third kappa shape index (κ3) is 3.27. The molecular weight excluding hydrogens is 364 g/mol. The molecule has 3 heterocycles. The van der Waals surface area contributed by atoms with E-state index in [1.54, 1.807) is 21.8 Å². The molecule has 0 saturated carbocycles. The summed E-state index contributed by atoms with van der Waals surface area (Å²) in [5.41, 5.74) is 0.558. The maximum Gasteiger partial charge on any atom is 0.258 e. The molecule has 1 unspecified atom stereocenters. The first kappa shape index (κ1) is 16.9. The standard InChI is InChI=1S/C17H15F2N3O3S/c18-14-2-1-11(7-15(14)19)25-10-12-9-21(3-5-24-12)16(23)13-8-20-22-4-6-26-17(13)22/h1-2,4,6-8,12H,3,5,9-10H2. The minimum absolute atomic E-state index is 0.108. The zero-order valence-electron chi connectivity index (χ0n) is 13.6. The Kier molecular flexibility index (Phi) is 4.56. The Bertz CT molecular complexity index is 942. The first-order valence-electron chi connectivity index (χ1n) is 8.01. The van der Waals surface area contributed by atoms with Gasteiger partial charge >= 0.3 is 0 Å². The number of carbonyl (C=O) groups is 1. The lowest BCUT2D eigenvalue weighted by atomic mass is 10.2. The summed E-state index contributed by atoms with van der Waals surface area (Å²) in [5, 5.41) is 6.03. The van der Waals surface area contributed by atoms with Gasteiger partial charge in [-0.15, -0.1) is 11.3 Å². The van der Waals surface area contributed by atoms with Crippen molar-refractivity contribution in [2.75, 3.05) is 26.3 Å². The molecule has 0 radical (unpaired) electrons. The van der Waals surface area contributed by atoms with E-state index in [0.29, 0.717) is 25.3 Å². The van der Waals surface area contributed by atoms with E-state index in [0.717, 1.165) is 17.0 Å². The number of benzene rings is 1. The second-order valence-corrected chi connectivity index (χ2v) is 6.74. The largest absolute Gasteiger partial charge is 0.491 e. The van der Waals surface area contributed by atoms with Crippen molar-refractivity contribution in [3.63, 3.8) is 0 Å². The minimum Gasteiger partial charge on any atom is -0.491 e. The Morgan fingerprint density at radius 3 is 3.12 bits per heavy atom. The van der Waals surface area contributed by atoms with Crippen molar-refractivity contribution in [1.82, 2.24) is 14.5 Å². The first-order chi connectivity index (χ1) is 12.6. The van der Waals surface area contributed by atoms with Crippen LogP contribution in [0.4, 0.5) is 8.78 Å². The number of rotatable bonds is 4. The lowest BCUT2D eigenvalue weighted by molar-refractivity contribution is -0.0401. The molecule has 0 spiro atoms. The van der Waals surface area contributed by atoms with Gasteiger partial charge in [-0.1, -0.05) is 0 Å². The molecule has 0 aliphatic carbocycles. The zero-order valence-corrected chi connectivity index (χ0v) is 14.4. The van der Waals surface area contributed by atoms with Crippen LogP contribution in [0.5, 0.6) is 5.75 Å². The molecule has 1 fully saturated rings. The van der Waals surface area contributed by atoms with E-state index in [1.807, 2.05) is 5.38 Å². The molecule has 1 saturated heterocycles. The van der Waals surface area contributed by atoms with Crippen molar-refractivity contribution in [1.29, 1.82) is 0 Å². The zero-order chi connectivity index (χ0) is 18.1. The summed E-state index contributed by atoms with van der Waals surface area (Å²) >= 11 is 1.45. The van der Waals surface area contributed by atoms with E-state index in [1.165, 1.54) is 17.4 Å². The van der Waals surface area contributed by atoms with Crippen molar-refractivity contribution in [2.24, 2.45) is 0 Å². The van der Waals surface area contributed by atoms with Crippen molar-refractivity contribution in [3.8, 4) is 5.75 Å². The highest BCUT2D eigenvalue weighted by atomic mass is 32.1. The third-order valence-electron chi connectivity index (χ3n) is 4.11. The quantitative estimate of drug-likeness (QED) is 0.699. The average Bonchev–Trinajstić information content (AvgIpc) is 3.26. The maximum absolute atomic E-state index is 13.2. The van der Waals surface area contributed by atoms with Gasteiger partial charge in [0, 0.05) is 24.2 Å². The Labute approximate surface area is 151 Å². The fourth-order valence-electron chi connectivity index (χ4n) is 2.80. The SMILES string of the molecule is O=C(c1cnn2ccsc12)N1CCOC(COc2ccc(F)c(F)c2)C1. The van der Waals surface area contributed by atoms with Crippen LogP contribution in [0.1, 0.15) is 10.4 Å². The molecule has 1 atom stereocenters. The molecule has 0 N–H and O–H groups in total. The smallest absolute Gasteiger partial charge is 0.258 e. The van der Waals surface area contributed by atoms with Gasteiger partial charge in [0.2, 0.25) is 0 Å². The van der Waals surface area contributed by atoms with Gasteiger partial charge in [0.1, 0.15) is 23.3 Å². The predicted molar refractivity (Wildman–Crippen MR) is 90.6 cm³/mol. The second-order valence-electron chi connectivity index (χ2n) is 5.84. The average molecular weight is 379 g/mol. The summed E-state index contributed by atoms with van der Waals surface area (Å²) in [6, 6.07) is 3.35. The summed E-state index contributed by atoms with van der Waals surface area (Å²) in [6.45, 7) is 1.35. The number of carbonyl (C=O) groups excluding carboxylic acids is 1. The Morgan fingerprint density at radius 2 is 2.27 bits per heavy atom. The van der Waals surface area contributed by atoms with Gasteiger partial charge in [-0.3, -0.25) is 4.79 Å². The molecule has 3 aromatic rings. The van der Waals surface area contributed by atoms with E-state index >= 15 is 0 Å². The topological polar surface area (TPSA) is 56.1 Å². The highest BCUT2D eigenvalue weighted by molar-refractivity contribution is 7.15. The third-order valence-corrected chi connectivity index (χ3v) is 5.00. The Morgan fingerprint density at radius 1 is 1.38 bits per heavy atom. The van der Waals surface area contributed by atoms with Crippen molar-refractivity contribution in [2.45, 2.75) is 6.10 Å². The number of halogens is 2. The fraction of sp³-hybridized carbons (Fsp3) is 0.294. The number of morpholine rings is 1. The Hall–Kier alpha value is -2.52. The van der Waals surface area contributed by atoms with E-state index < -0.39 is 11.6 Å². The lowest BCUT2D eigenvalue weighted by Gasteiger charge is -2.32. The van der Waals surface area contributed by atoms with Gasteiger partial charge in [-0.25, -0.2) is 13.3 Å². The summed E-state index contributed by atoms with van der Waals surface area (Å²) in [5.74, 6) is -1.79. The Balaban J connectivity index is 1.40. The number of hydrogen-bond donors (Lipinski definition) is 0. The fourth-order valence-corrected chi connectivity index (χ4v) is 3.59. The van der Waals surface area contributed by atoms with E-state index in [9.17, 15) is 13.6 Å². The van der Waals surface area contributed by atoms with Crippen LogP contribution in [0.15, 0.2) is 36.0 Å². The molecule has 9 heteroatoms. The van der Waals surface area contributed by atoms with Crippen LogP contribution in [0.25, 0.3) is 4.83 Å². The molecule has 1 aliphatic rings. The van der Waals surface area contributed by atoms with Crippen LogP contribution >= 0.6 is 11.3 Å². The number of hydrogen-bond acceptors (Lipinski definition) is 5. The van der Waals surface area contributed by atoms with Crippen LogP contribution < -0.4 is 4.74 Å². The summed E-state index contributed by atoms with van der Waals surface area (Å²) in [6.07, 6.45) is 3.01. The molecule has 1 amide bonds. The van der Waals surface area contributed by atoms with Crippen LogP contribution in [0.3, 0.4) is 0 Å². The van der Waals surface area contributed by atoms with E-state index in [4.69, 9.17) is 9.47 Å². The van der Waals surface area contributed by atoms with Crippen molar-refractivity contribution < 1.29 is 23.0 Å². The molecule has 4 rings (SSSR count). The summed E-state index contributed by atoms with van der Waals surface area (Å²) in [7, 11) is 0. The predicted octanol–water partition coefficient (Wildman–Crippen LogP) is 2.59. The number of aromatic nitrogens is 2. The summed E-state index contributed by atoms with van der Waals surface area (Å²) in [4.78, 5) is 15.3. The monoisotopic (exact) mass is 379 g/mol. The van der Waals surface area contributed by atoms with Gasteiger partial charge in [0.25, 0.3) is 5.91 Å². The van der Waals surface area contributed by atoms with Crippen LogP contribution in [0, 0.1) is 11.6 Å². The second kappa shape index (κ2) is 7.00. The van der Waals surface area contributed by atoms with Crippen molar-refractivity contribution in [3.05, 3.63) is 53.2 Å². The highest BCUT2D eigenvalue weighted by Crippen LogP contribution is 2.20. The lowest BCUT2D eigenvalue weighted by Crippen LogP contribution is -2.47. The van der Waals surface area contributed by atoms with Crippen LogP contribution in [-0.2, 0) is 4.74 Å². The molecule has 1 aliphatic heterocycles. The van der Waals surface area contributed by atoms with Crippen LogP contribution in [-0.4, -0.2) is 52.8 Å². The normalized spacial score (nSPS) is 17.6. The number of thiazole rings is 1. The highest BCUT2D eigenvalue weighted by Gasteiger charge is 2.27. The first-order valence-corrected chi connectivity index (χ1v) is 8.89. The number of nitrogens with zero attached hydrogens (tertiary/aromatic N) is 3. The number of ether oxygens (including phenoxy) is 2. The molecule has 0 bridgehead atoms. The molecule has 26 heavy (non-hydrogen) atoms. The van der Waals surface area contributed by atoms with Gasteiger partial charge in [0.15, 0.2) is 11.6 Å². The molecular formula is C17H15F2N3O3S. The molecule has 136 valence electrons. The van der Waals surface area contributed by atoms with Gasteiger partial charge < -0.3 is 14.4 Å². The van der Waals surface area contributed by atoms with E-state index in [-0.39, 0.29) is 24.4 Å².